The minimum absolute atomic E-state index is 0.0134. The predicted octanol–water partition coefficient (Wildman–Crippen LogP) is 3.37. The third-order valence-corrected chi connectivity index (χ3v) is 8.70. The molecule has 0 N–H and O–H groups in total. The molecule has 0 aliphatic heterocycles. The van der Waals surface area contributed by atoms with Crippen LogP contribution in [0.5, 0.6) is 0 Å². The Bertz CT molecular complexity index is 1290. The number of fused-ring (bicyclic) bond motifs is 1. The minimum atomic E-state index is -3.62. The molecule has 3 aromatic rings. The van der Waals surface area contributed by atoms with Crippen LogP contribution in [0.2, 0.25) is 0 Å². The van der Waals surface area contributed by atoms with Crippen molar-refractivity contribution in [3.63, 3.8) is 0 Å². The number of esters is 1. The number of aryl methyl sites for hydroxylation is 1. The number of benzene rings is 1. The Morgan fingerprint density at radius 3 is 2.59 bits per heavy atom. The van der Waals surface area contributed by atoms with Crippen LogP contribution in [0, 0.1) is 6.92 Å². The molecule has 32 heavy (non-hydrogen) atoms. The second-order valence-electron chi connectivity index (χ2n) is 7.99. The van der Waals surface area contributed by atoms with E-state index < -0.39 is 16.0 Å². The van der Waals surface area contributed by atoms with Gasteiger partial charge in [0.05, 0.1) is 16.2 Å². The quantitative estimate of drug-likeness (QED) is 0.507. The third kappa shape index (κ3) is 4.48. The summed E-state index contributed by atoms with van der Waals surface area (Å²) in [5, 5.41) is 1.83. The normalized spacial score (nSPS) is 15.3. The number of carbonyl (C=O) groups excluding carboxylic acids is 1. The summed E-state index contributed by atoms with van der Waals surface area (Å²) in [5.41, 5.74) is 1.17. The van der Waals surface area contributed by atoms with E-state index in [9.17, 15) is 18.0 Å². The van der Waals surface area contributed by atoms with Crippen molar-refractivity contribution < 1.29 is 17.9 Å². The van der Waals surface area contributed by atoms with Crippen LogP contribution in [0.3, 0.4) is 0 Å². The Morgan fingerprint density at radius 2 is 1.91 bits per heavy atom. The number of ether oxygens (including phenoxy) is 1. The third-order valence-electron chi connectivity index (χ3n) is 5.84. The molecule has 2 aromatic heterocycles. The average Bonchev–Trinajstić information content (AvgIpc) is 3.18. The largest absolute Gasteiger partial charge is 0.456 e. The van der Waals surface area contributed by atoms with Crippen LogP contribution in [0.15, 0.2) is 45.4 Å². The molecule has 1 aliphatic carbocycles. The van der Waals surface area contributed by atoms with E-state index in [2.05, 4.69) is 4.98 Å². The van der Waals surface area contributed by atoms with Gasteiger partial charge in [0.1, 0.15) is 6.61 Å². The van der Waals surface area contributed by atoms with E-state index in [4.69, 9.17) is 4.74 Å². The lowest BCUT2D eigenvalue weighted by molar-refractivity contribution is 0.0467. The average molecular weight is 476 g/mol. The van der Waals surface area contributed by atoms with Gasteiger partial charge in [-0.3, -0.25) is 9.20 Å². The van der Waals surface area contributed by atoms with Gasteiger partial charge in [-0.15, -0.1) is 11.3 Å². The molecule has 0 radical (unpaired) electrons. The van der Waals surface area contributed by atoms with Crippen LogP contribution in [-0.2, 0) is 21.4 Å². The summed E-state index contributed by atoms with van der Waals surface area (Å²) in [6.45, 7) is 1.68. The zero-order valence-corrected chi connectivity index (χ0v) is 19.6. The highest BCUT2D eigenvalue weighted by Crippen LogP contribution is 2.26. The number of aromatic nitrogens is 2. The van der Waals surface area contributed by atoms with Gasteiger partial charge in [0.25, 0.3) is 5.56 Å². The second kappa shape index (κ2) is 9.13. The molecular weight excluding hydrogens is 450 g/mol. The maximum absolute atomic E-state index is 12.9. The summed E-state index contributed by atoms with van der Waals surface area (Å²) in [5.74, 6) is -0.612. The first-order chi connectivity index (χ1) is 15.3. The summed E-state index contributed by atoms with van der Waals surface area (Å²) in [6.07, 6.45) is 4.96. The highest BCUT2D eigenvalue weighted by molar-refractivity contribution is 7.89. The van der Waals surface area contributed by atoms with Gasteiger partial charge in [-0.05, 0) is 44.0 Å². The number of nitrogens with zero attached hydrogens (tertiary/aromatic N) is 3. The molecule has 4 rings (SSSR count). The van der Waals surface area contributed by atoms with E-state index >= 15 is 0 Å². The Labute approximate surface area is 190 Å². The van der Waals surface area contributed by atoms with Gasteiger partial charge in [0.15, 0.2) is 4.96 Å². The van der Waals surface area contributed by atoms with Crippen LogP contribution < -0.4 is 5.56 Å². The molecule has 0 spiro atoms. The summed E-state index contributed by atoms with van der Waals surface area (Å²) >= 11 is 1.34. The van der Waals surface area contributed by atoms with Crippen molar-refractivity contribution in [2.75, 3.05) is 7.05 Å². The first-order valence-corrected chi connectivity index (χ1v) is 12.8. The SMILES string of the molecule is Cc1csc2nc(COC(=O)c3ccc(S(=O)(=O)N(C)C4CCCCC4)cc3)cc(=O)n12. The number of rotatable bonds is 6. The topological polar surface area (TPSA) is 98.0 Å². The molecule has 0 bridgehead atoms. The summed E-state index contributed by atoms with van der Waals surface area (Å²) < 4.78 is 34.1. The molecule has 1 saturated carbocycles. The van der Waals surface area contributed by atoms with Crippen molar-refractivity contribution in [1.29, 1.82) is 0 Å². The van der Waals surface area contributed by atoms with E-state index in [1.165, 1.54) is 50.4 Å². The van der Waals surface area contributed by atoms with Crippen LogP contribution in [0.1, 0.15) is 53.8 Å². The molecule has 0 atom stereocenters. The number of sulfonamides is 1. The molecule has 0 unspecified atom stereocenters. The fraction of sp³-hybridized carbons (Fsp3) is 0.409. The lowest BCUT2D eigenvalue weighted by Crippen LogP contribution is -2.38. The van der Waals surface area contributed by atoms with Crippen LogP contribution >= 0.6 is 11.3 Å². The number of hydrogen-bond acceptors (Lipinski definition) is 7. The smallest absolute Gasteiger partial charge is 0.338 e. The number of thiazole rings is 1. The number of carbonyl (C=O) groups is 1. The van der Waals surface area contributed by atoms with Crippen LogP contribution in [0.4, 0.5) is 0 Å². The van der Waals surface area contributed by atoms with Crippen LogP contribution in [0.25, 0.3) is 4.96 Å². The molecule has 10 heteroatoms. The molecule has 170 valence electrons. The van der Waals surface area contributed by atoms with Gasteiger partial charge < -0.3 is 4.74 Å². The Morgan fingerprint density at radius 1 is 1.22 bits per heavy atom. The standard InChI is InChI=1S/C22H25N3O5S2/c1-15-14-31-22-23-17(12-20(26)25(15)22)13-30-21(27)16-8-10-19(11-9-16)32(28,29)24(2)18-6-4-3-5-7-18/h8-12,14,18H,3-7,13H2,1-2H3. The molecule has 0 saturated heterocycles. The van der Waals surface area contributed by atoms with Crippen molar-refractivity contribution in [3.8, 4) is 0 Å². The van der Waals surface area contributed by atoms with Gasteiger partial charge in [-0.25, -0.2) is 18.2 Å². The summed E-state index contributed by atoms with van der Waals surface area (Å²) in [7, 11) is -2.00. The van der Waals surface area contributed by atoms with Gasteiger partial charge >= 0.3 is 5.97 Å². The fourth-order valence-corrected chi connectivity index (χ4v) is 6.27. The van der Waals surface area contributed by atoms with E-state index in [1.54, 1.807) is 7.05 Å². The van der Waals surface area contributed by atoms with Crippen molar-refractivity contribution in [2.45, 2.75) is 56.6 Å². The Balaban J connectivity index is 1.43. The highest BCUT2D eigenvalue weighted by atomic mass is 32.2. The lowest BCUT2D eigenvalue weighted by Gasteiger charge is -2.30. The molecule has 1 fully saturated rings. The molecule has 2 heterocycles. The van der Waals surface area contributed by atoms with Crippen molar-refractivity contribution in [1.82, 2.24) is 13.7 Å². The van der Waals surface area contributed by atoms with E-state index in [0.717, 1.165) is 37.8 Å². The van der Waals surface area contributed by atoms with Gasteiger partial charge in [0.2, 0.25) is 10.0 Å². The van der Waals surface area contributed by atoms with E-state index in [0.29, 0.717) is 10.7 Å². The Hall–Kier alpha value is -2.56. The van der Waals surface area contributed by atoms with Crippen LogP contribution in [-0.4, -0.2) is 41.2 Å². The van der Waals surface area contributed by atoms with Crippen molar-refractivity contribution in [3.05, 3.63) is 63.0 Å². The van der Waals surface area contributed by atoms with Gasteiger partial charge in [0, 0.05) is 30.2 Å². The van der Waals surface area contributed by atoms with Crippen molar-refractivity contribution >= 4 is 32.3 Å². The Kier molecular flexibility index (Phi) is 6.45. The zero-order chi connectivity index (χ0) is 22.9. The fourth-order valence-electron chi connectivity index (χ4n) is 3.97. The highest BCUT2D eigenvalue weighted by Gasteiger charge is 2.29. The van der Waals surface area contributed by atoms with Crippen molar-refractivity contribution in [2.24, 2.45) is 0 Å². The van der Waals surface area contributed by atoms with Gasteiger partial charge in [-0.2, -0.15) is 4.31 Å². The van der Waals surface area contributed by atoms with E-state index in [1.807, 2.05) is 12.3 Å². The molecule has 0 amide bonds. The number of hydrogen-bond donors (Lipinski definition) is 0. The zero-order valence-electron chi connectivity index (χ0n) is 18.0. The molecule has 1 aromatic carbocycles. The molecule has 1 aliphatic rings. The lowest BCUT2D eigenvalue weighted by atomic mass is 9.96. The monoisotopic (exact) mass is 475 g/mol. The maximum Gasteiger partial charge on any atom is 0.338 e. The minimum Gasteiger partial charge on any atom is -0.456 e. The summed E-state index contributed by atoms with van der Waals surface area (Å²) in [4.78, 5) is 29.7. The van der Waals surface area contributed by atoms with E-state index in [-0.39, 0.29) is 28.7 Å². The molecule has 8 nitrogen and oxygen atoms in total. The predicted molar refractivity (Wildman–Crippen MR) is 121 cm³/mol. The first-order valence-electron chi connectivity index (χ1n) is 10.5. The summed E-state index contributed by atoms with van der Waals surface area (Å²) in [6, 6.07) is 7.10. The second-order valence-corrected chi connectivity index (χ2v) is 10.8. The molecular formula is C22H25N3O5S2. The maximum atomic E-state index is 12.9. The first kappa shape index (κ1) is 22.6. The van der Waals surface area contributed by atoms with Gasteiger partial charge in [-0.1, -0.05) is 19.3 Å².